The van der Waals surface area contributed by atoms with Crippen LogP contribution >= 0.6 is 23.1 Å². The molecule has 110 valence electrons. The Kier molecular flexibility index (Phi) is 5.48. The Morgan fingerprint density at radius 2 is 2.30 bits per heavy atom. The molecule has 6 heteroatoms. The van der Waals surface area contributed by atoms with Crippen LogP contribution in [0.3, 0.4) is 0 Å². The van der Waals surface area contributed by atoms with Crippen molar-refractivity contribution in [2.75, 3.05) is 19.1 Å². The van der Waals surface area contributed by atoms with E-state index in [0.29, 0.717) is 11.3 Å². The van der Waals surface area contributed by atoms with Gasteiger partial charge in [-0.1, -0.05) is 0 Å². The molecule has 0 saturated carbocycles. The lowest BCUT2D eigenvalue weighted by atomic mass is 10.2. The van der Waals surface area contributed by atoms with Crippen LogP contribution in [0.5, 0.6) is 0 Å². The first-order valence-corrected chi connectivity index (χ1v) is 8.86. The highest BCUT2D eigenvalue weighted by molar-refractivity contribution is 7.98. The van der Waals surface area contributed by atoms with Crippen LogP contribution in [0.2, 0.25) is 0 Å². The third-order valence-corrected chi connectivity index (χ3v) is 5.25. The van der Waals surface area contributed by atoms with Crippen molar-refractivity contribution >= 4 is 35.0 Å². The second-order valence-electron chi connectivity index (χ2n) is 4.74. The lowest BCUT2D eigenvalue weighted by Crippen LogP contribution is -2.41. The van der Waals surface area contributed by atoms with Crippen molar-refractivity contribution in [3.63, 3.8) is 0 Å². The zero-order valence-corrected chi connectivity index (χ0v) is 13.4. The van der Waals surface area contributed by atoms with Crippen LogP contribution in [0.25, 0.3) is 0 Å². The first-order chi connectivity index (χ1) is 9.65. The van der Waals surface area contributed by atoms with Gasteiger partial charge in [-0.05, 0) is 49.3 Å². The van der Waals surface area contributed by atoms with Gasteiger partial charge in [-0.15, -0.1) is 11.3 Å². The zero-order valence-electron chi connectivity index (χ0n) is 11.7. The molecule has 0 aromatic carbocycles. The molecule has 0 saturated heterocycles. The van der Waals surface area contributed by atoms with Gasteiger partial charge in [-0.25, -0.2) is 4.79 Å². The summed E-state index contributed by atoms with van der Waals surface area (Å²) >= 11 is 3.19. The van der Waals surface area contributed by atoms with E-state index in [1.165, 1.54) is 24.0 Å². The average Bonchev–Trinajstić information content (AvgIpc) is 3.03. The summed E-state index contributed by atoms with van der Waals surface area (Å²) in [5.74, 6) is 0.262. The summed E-state index contributed by atoms with van der Waals surface area (Å²) in [5.41, 5.74) is 1.29. The number of carbonyl (C=O) groups is 2. The Morgan fingerprint density at radius 1 is 1.50 bits per heavy atom. The molecule has 0 fully saturated rings. The Morgan fingerprint density at radius 3 is 2.95 bits per heavy atom. The number of hydrogen-bond donors (Lipinski definition) is 1. The number of rotatable bonds is 6. The van der Waals surface area contributed by atoms with E-state index in [0.717, 1.165) is 18.6 Å². The van der Waals surface area contributed by atoms with Gasteiger partial charge < -0.3 is 10.1 Å². The fourth-order valence-corrected chi connectivity index (χ4v) is 3.93. The normalized spacial score (nSPS) is 14.7. The molecule has 1 atom stereocenters. The highest BCUT2D eigenvalue weighted by Crippen LogP contribution is 2.30. The number of esters is 1. The van der Waals surface area contributed by atoms with Gasteiger partial charge in [-0.2, -0.15) is 11.8 Å². The van der Waals surface area contributed by atoms with Gasteiger partial charge in [0.25, 0.3) is 5.91 Å². The van der Waals surface area contributed by atoms with E-state index in [9.17, 15) is 9.59 Å². The van der Waals surface area contributed by atoms with E-state index < -0.39 is 6.04 Å². The smallest absolute Gasteiger partial charge is 0.328 e. The average molecular weight is 313 g/mol. The summed E-state index contributed by atoms with van der Waals surface area (Å²) in [6, 6.07) is 1.41. The van der Waals surface area contributed by atoms with Gasteiger partial charge in [0.15, 0.2) is 0 Å². The maximum absolute atomic E-state index is 12.2. The predicted octanol–water partition coefficient (Wildman–Crippen LogP) is 2.26. The summed E-state index contributed by atoms with van der Waals surface area (Å²) in [6.45, 7) is 0. The molecule has 0 aliphatic heterocycles. The molecule has 1 aromatic rings. The quantitative estimate of drug-likeness (QED) is 0.819. The van der Waals surface area contributed by atoms with Crippen LogP contribution in [-0.4, -0.2) is 37.0 Å². The molecule has 20 heavy (non-hydrogen) atoms. The second kappa shape index (κ2) is 7.13. The van der Waals surface area contributed by atoms with E-state index in [1.807, 2.05) is 12.3 Å². The number of hydrogen-bond acceptors (Lipinski definition) is 5. The minimum absolute atomic E-state index is 0.166. The van der Waals surface area contributed by atoms with Gasteiger partial charge in [0.1, 0.15) is 6.04 Å². The topological polar surface area (TPSA) is 55.4 Å². The summed E-state index contributed by atoms with van der Waals surface area (Å²) in [6.07, 6.45) is 5.87. The zero-order chi connectivity index (χ0) is 14.5. The highest BCUT2D eigenvalue weighted by Gasteiger charge is 2.24. The van der Waals surface area contributed by atoms with Gasteiger partial charge in [-0.3, -0.25) is 4.79 Å². The fraction of sp³-hybridized carbons (Fsp3) is 0.571. The first-order valence-electron chi connectivity index (χ1n) is 6.65. The SMILES string of the molecule is COC(=O)[C@@H](CCSC)NC(=O)c1cc2c(s1)CCC2. The Balaban J connectivity index is 2.01. The van der Waals surface area contributed by atoms with Crippen molar-refractivity contribution in [1.29, 1.82) is 0 Å². The third-order valence-electron chi connectivity index (χ3n) is 3.37. The lowest BCUT2D eigenvalue weighted by molar-refractivity contribution is -0.142. The molecule has 0 spiro atoms. The summed E-state index contributed by atoms with van der Waals surface area (Å²) in [7, 11) is 1.35. The molecule has 0 bridgehead atoms. The Labute approximate surface area is 127 Å². The standard InChI is InChI=1S/C14H19NO3S2/c1-18-14(17)10(6-7-19-2)15-13(16)12-8-9-4-3-5-11(9)20-12/h8,10H,3-7H2,1-2H3,(H,15,16)/t10-/m1/s1. The van der Waals surface area contributed by atoms with Gasteiger partial charge in [0, 0.05) is 4.88 Å². The summed E-state index contributed by atoms with van der Waals surface area (Å²) in [4.78, 5) is 25.9. The number of thiophene rings is 1. The van der Waals surface area contributed by atoms with Crippen LogP contribution in [0.4, 0.5) is 0 Å². The van der Waals surface area contributed by atoms with Gasteiger partial charge in [0.2, 0.25) is 0 Å². The molecule has 0 unspecified atom stereocenters. The number of thioether (sulfide) groups is 1. The van der Waals surface area contributed by atoms with Crippen molar-refractivity contribution < 1.29 is 14.3 Å². The fourth-order valence-electron chi connectivity index (χ4n) is 2.30. The van der Waals surface area contributed by atoms with Gasteiger partial charge in [0.05, 0.1) is 12.0 Å². The predicted molar refractivity (Wildman–Crippen MR) is 82.6 cm³/mol. The summed E-state index contributed by atoms with van der Waals surface area (Å²) in [5, 5.41) is 2.79. The van der Waals surface area contributed by atoms with Crippen molar-refractivity contribution in [3.05, 3.63) is 21.4 Å². The molecule has 1 N–H and O–H groups in total. The van der Waals surface area contributed by atoms with Crippen molar-refractivity contribution in [2.24, 2.45) is 0 Å². The van der Waals surface area contributed by atoms with Crippen LogP contribution in [0, 0.1) is 0 Å². The number of aryl methyl sites for hydroxylation is 2. The molecule has 1 heterocycles. The van der Waals surface area contributed by atoms with Crippen LogP contribution in [0.1, 0.15) is 33.0 Å². The highest BCUT2D eigenvalue weighted by atomic mass is 32.2. The number of nitrogens with one attached hydrogen (secondary N) is 1. The minimum Gasteiger partial charge on any atom is -0.467 e. The number of amides is 1. The van der Waals surface area contributed by atoms with E-state index >= 15 is 0 Å². The lowest BCUT2D eigenvalue weighted by Gasteiger charge is -2.15. The molecule has 0 radical (unpaired) electrons. The first kappa shape index (κ1) is 15.4. The number of fused-ring (bicyclic) bond motifs is 1. The maximum atomic E-state index is 12.2. The molecule has 1 aliphatic carbocycles. The largest absolute Gasteiger partial charge is 0.467 e. The van der Waals surface area contributed by atoms with E-state index in [-0.39, 0.29) is 11.9 Å². The third kappa shape index (κ3) is 3.55. The van der Waals surface area contributed by atoms with Crippen molar-refractivity contribution in [3.8, 4) is 0 Å². The van der Waals surface area contributed by atoms with Crippen LogP contribution in [-0.2, 0) is 22.4 Å². The molecule has 1 aromatic heterocycles. The number of ether oxygens (including phenoxy) is 1. The van der Waals surface area contributed by atoms with Crippen molar-refractivity contribution in [2.45, 2.75) is 31.7 Å². The summed E-state index contributed by atoms with van der Waals surface area (Å²) < 4.78 is 4.75. The van der Waals surface area contributed by atoms with Crippen LogP contribution in [0.15, 0.2) is 6.07 Å². The molecular weight excluding hydrogens is 294 g/mol. The maximum Gasteiger partial charge on any atom is 0.328 e. The number of methoxy groups -OCH3 is 1. The molecule has 4 nitrogen and oxygen atoms in total. The van der Waals surface area contributed by atoms with E-state index in [4.69, 9.17) is 4.74 Å². The molecule has 2 rings (SSSR count). The second-order valence-corrected chi connectivity index (χ2v) is 6.87. The van der Waals surface area contributed by atoms with Gasteiger partial charge >= 0.3 is 5.97 Å². The minimum atomic E-state index is -0.558. The van der Waals surface area contributed by atoms with Crippen LogP contribution < -0.4 is 5.32 Å². The Bertz CT molecular complexity index is 477. The molecular formula is C14H19NO3S2. The van der Waals surface area contributed by atoms with Crippen molar-refractivity contribution in [1.82, 2.24) is 5.32 Å². The number of carbonyl (C=O) groups excluding carboxylic acids is 2. The monoisotopic (exact) mass is 313 g/mol. The Hall–Kier alpha value is -1.01. The van der Waals surface area contributed by atoms with E-state index in [1.54, 1.807) is 23.1 Å². The molecule has 1 aliphatic rings. The molecule has 1 amide bonds. The van der Waals surface area contributed by atoms with E-state index in [2.05, 4.69) is 5.32 Å².